The molecule has 0 bridgehead atoms. The van der Waals surface area contributed by atoms with Gasteiger partial charge in [0.05, 0.1) is 12.3 Å². The molecule has 0 aromatic heterocycles. The molecule has 1 aromatic carbocycles. The highest BCUT2D eigenvalue weighted by Crippen LogP contribution is 2.18. The molecule has 0 aliphatic heterocycles. The Bertz CT molecular complexity index is 542. The fourth-order valence-corrected chi connectivity index (χ4v) is 2.03. The molecule has 1 rings (SSSR count). The van der Waals surface area contributed by atoms with Crippen molar-refractivity contribution >= 4 is 27.7 Å². The molecular formula is C10H15N3O4S. The number of hydrogen-bond donors (Lipinski definition) is 3. The molecule has 0 radical (unpaired) electrons. The monoisotopic (exact) mass is 273 g/mol. The van der Waals surface area contributed by atoms with Crippen molar-refractivity contribution in [2.75, 3.05) is 17.1 Å². The van der Waals surface area contributed by atoms with E-state index in [1.165, 1.54) is 6.07 Å². The highest BCUT2D eigenvalue weighted by atomic mass is 32.2. The Balaban J connectivity index is 2.82. The van der Waals surface area contributed by atoms with Crippen LogP contribution in [-0.4, -0.2) is 21.1 Å². The van der Waals surface area contributed by atoms with E-state index in [4.69, 9.17) is 5.73 Å². The van der Waals surface area contributed by atoms with Crippen LogP contribution in [0.25, 0.3) is 0 Å². The third-order valence-electron chi connectivity index (χ3n) is 2.00. The first kappa shape index (κ1) is 14.1. The lowest BCUT2D eigenvalue weighted by atomic mass is 10.2. The van der Waals surface area contributed by atoms with E-state index in [-0.39, 0.29) is 6.61 Å². The zero-order valence-corrected chi connectivity index (χ0v) is 10.9. The molecule has 18 heavy (non-hydrogen) atoms. The smallest absolute Gasteiger partial charge is 0.422 e. The maximum Gasteiger partial charge on any atom is 0.422 e. The zero-order chi connectivity index (χ0) is 13.8. The quantitative estimate of drug-likeness (QED) is 0.708. The van der Waals surface area contributed by atoms with Crippen LogP contribution in [0.5, 0.6) is 0 Å². The Kier molecular flexibility index (Phi) is 4.38. The maximum absolute atomic E-state index is 11.6. The van der Waals surface area contributed by atoms with Crippen molar-refractivity contribution in [3.05, 3.63) is 23.8 Å². The Labute approximate surface area is 106 Å². The second-order valence-corrected chi connectivity index (χ2v) is 4.92. The Morgan fingerprint density at radius 1 is 1.44 bits per heavy atom. The van der Waals surface area contributed by atoms with E-state index in [0.29, 0.717) is 16.9 Å². The van der Waals surface area contributed by atoms with Crippen LogP contribution < -0.4 is 15.2 Å². The molecule has 0 saturated heterocycles. The van der Waals surface area contributed by atoms with E-state index >= 15 is 0 Å². The van der Waals surface area contributed by atoms with Crippen LogP contribution >= 0.6 is 0 Å². The molecule has 0 atom stereocenters. The van der Waals surface area contributed by atoms with Gasteiger partial charge in [-0.1, -0.05) is 6.07 Å². The topological polar surface area (TPSA) is 111 Å². The lowest BCUT2D eigenvalue weighted by molar-refractivity contribution is 0.159. The van der Waals surface area contributed by atoms with E-state index in [0.717, 1.165) is 0 Å². The van der Waals surface area contributed by atoms with Crippen molar-refractivity contribution in [2.45, 2.75) is 13.8 Å². The Hall–Kier alpha value is -1.96. The number of carbonyl (C=O) groups excluding carboxylic acids is 1. The van der Waals surface area contributed by atoms with Crippen LogP contribution in [0.3, 0.4) is 0 Å². The number of benzene rings is 1. The van der Waals surface area contributed by atoms with Crippen molar-refractivity contribution in [3.63, 3.8) is 0 Å². The van der Waals surface area contributed by atoms with Gasteiger partial charge in [0.25, 0.3) is 0 Å². The number of nitrogens with one attached hydrogen (secondary N) is 2. The molecule has 0 fully saturated rings. The molecule has 0 aliphatic carbocycles. The van der Waals surface area contributed by atoms with Crippen LogP contribution in [0, 0.1) is 6.92 Å². The largest absolute Gasteiger partial charge is 0.449 e. The van der Waals surface area contributed by atoms with Gasteiger partial charge in [-0.05, 0) is 31.5 Å². The van der Waals surface area contributed by atoms with Gasteiger partial charge in [0, 0.05) is 5.69 Å². The van der Waals surface area contributed by atoms with E-state index in [1.54, 1.807) is 30.7 Å². The summed E-state index contributed by atoms with van der Waals surface area (Å²) < 4.78 is 31.6. The summed E-state index contributed by atoms with van der Waals surface area (Å²) in [5.74, 6) is 0. The number of nitrogens with two attached hydrogens (primary N) is 1. The number of hydrogen-bond acceptors (Lipinski definition) is 5. The lowest BCUT2D eigenvalue weighted by Crippen LogP contribution is -2.35. The minimum absolute atomic E-state index is 0.0820. The average molecular weight is 273 g/mol. The molecule has 1 amide bonds. The van der Waals surface area contributed by atoms with E-state index in [9.17, 15) is 13.2 Å². The minimum atomic E-state index is -4.03. The molecule has 1 aromatic rings. The van der Waals surface area contributed by atoms with Crippen molar-refractivity contribution in [3.8, 4) is 0 Å². The summed E-state index contributed by atoms with van der Waals surface area (Å²) in [7, 11) is -4.03. The summed E-state index contributed by atoms with van der Waals surface area (Å²) in [6.07, 6.45) is -1.04. The first-order valence-electron chi connectivity index (χ1n) is 5.17. The highest BCUT2D eigenvalue weighted by Gasteiger charge is 2.15. The molecule has 0 heterocycles. The number of carbonyl (C=O) groups is 1. The van der Waals surface area contributed by atoms with Crippen molar-refractivity contribution < 1.29 is 17.9 Å². The third kappa shape index (κ3) is 4.13. The maximum atomic E-state index is 11.6. The predicted octanol–water partition coefficient (Wildman–Crippen LogP) is 0.980. The van der Waals surface area contributed by atoms with Gasteiger partial charge in [-0.3, -0.25) is 4.72 Å². The van der Waals surface area contributed by atoms with Gasteiger partial charge >= 0.3 is 16.3 Å². The summed E-state index contributed by atoms with van der Waals surface area (Å²) >= 11 is 0. The molecule has 0 aliphatic rings. The van der Waals surface area contributed by atoms with Crippen LogP contribution in [0.15, 0.2) is 18.2 Å². The van der Waals surface area contributed by atoms with Crippen LogP contribution in [0.1, 0.15) is 12.5 Å². The lowest BCUT2D eigenvalue weighted by Gasteiger charge is -2.11. The number of anilines is 2. The molecule has 4 N–H and O–H groups in total. The van der Waals surface area contributed by atoms with Gasteiger partial charge < -0.3 is 10.5 Å². The first-order chi connectivity index (χ1) is 8.34. The van der Waals surface area contributed by atoms with Crippen molar-refractivity contribution in [2.24, 2.45) is 0 Å². The summed E-state index contributed by atoms with van der Waals surface area (Å²) in [4.78, 5) is 11.0. The van der Waals surface area contributed by atoms with Gasteiger partial charge in [-0.15, -0.1) is 0 Å². The predicted molar refractivity (Wildman–Crippen MR) is 68.3 cm³/mol. The first-order valence-corrected chi connectivity index (χ1v) is 6.66. The number of amides is 1. The number of nitrogen functional groups attached to an aromatic ring is 1. The third-order valence-corrected chi connectivity index (χ3v) is 2.92. The fraction of sp³-hybridized carbons (Fsp3) is 0.300. The van der Waals surface area contributed by atoms with E-state index in [1.807, 2.05) is 0 Å². The molecule has 0 unspecified atom stereocenters. The Morgan fingerprint density at radius 3 is 2.72 bits per heavy atom. The molecular weight excluding hydrogens is 258 g/mol. The van der Waals surface area contributed by atoms with E-state index in [2.05, 4.69) is 9.46 Å². The number of aryl methyl sites for hydroxylation is 1. The van der Waals surface area contributed by atoms with Crippen LogP contribution in [-0.2, 0) is 14.9 Å². The summed E-state index contributed by atoms with van der Waals surface area (Å²) in [5, 5.41) is 0. The van der Waals surface area contributed by atoms with Crippen molar-refractivity contribution in [1.29, 1.82) is 0 Å². The zero-order valence-electron chi connectivity index (χ0n) is 10.1. The van der Waals surface area contributed by atoms with Gasteiger partial charge in [0.15, 0.2) is 0 Å². The number of rotatable bonds is 4. The average Bonchev–Trinajstić information content (AvgIpc) is 2.22. The SMILES string of the molecule is CCOC(=O)NS(=O)(=O)Nc1cc(N)ccc1C. The summed E-state index contributed by atoms with van der Waals surface area (Å²) in [6, 6.07) is 4.77. The molecule has 0 saturated carbocycles. The van der Waals surface area contributed by atoms with Gasteiger partial charge in [-0.25, -0.2) is 9.52 Å². The highest BCUT2D eigenvalue weighted by molar-refractivity contribution is 7.91. The Morgan fingerprint density at radius 2 is 2.11 bits per heavy atom. The second-order valence-electron chi connectivity index (χ2n) is 3.50. The van der Waals surface area contributed by atoms with E-state index < -0.39 is 16.3 Å². The fourth-order valence-electron chi connectivity index (χ4n) is 1.19. The molecule has 0 spiro atoms. The summed E-state index contributed by atoms with van der Waals surface area (Å²) in [6.45, 7) is 3.36. The van der Waals surface area contributed by atoms with Gasteiger partial charge in [-0.2, -0.15) is 8.42 Å². The van der Waals surface area contributed by atoms with Gasteiger partial charge in [0.1, 0.15) is 0 Å². The normalized spacial score (nSPS) is 10.8. The second kappa shape index (κ2) is 5.58. The summed E-state index contributed by atoms with van der Waals surface area (Å²) in [5.41, 5.74) is 6.94. The molecule has 7 nitrogen and oxygen atoms in total. The van der Waals surface area contributed by atoms with Crippen LogP contribution in [0.2, 0.25) is 0 Å². The van der Waals surface area contributed by atoms with Crippen molar-refractivity contribution in [1.82, 2.24) is 4.72 Å². The van der Waals surface area contributed by atoms with Gasteiger partial charge in [0.2, 0.25) is 0 Å². The molecule has 100 valence electrons. The molecule has 8 heteroatoms. The standard InChI is InChI=1S/C10H15N3O4S/c1-3-17-10(14)13-18(15,16)12-9-6-8(11)5-4-7(9)2/h4-6,12H,3,11H2,1-2H3,(H,13,14). The number of ether oxygens (including phenoxy) is 1. The van der Waals surface area contributed by atoms with Crippen LogP contribution in [0.4, 0.5) is 16.2 Å². The minimum Gasteiger partial charge on any atom is -0.449 e.